The number of nitrogens with one attached hydrogen (secondary N) is 1. The molecule has 1 saturated heterocycles. The number of aromatic nitrogens is 1. The lowest BCUT2D eigenvalue weighted by atomic mass is 10.0. The lowest BCUT2D eigenvalue weighted by Gasteiger charge is -2.36. The van der Waals surface area contributed by atoms with Crippen molar-refractivity contribution in [3.8, 4) is 0 Å². The van der Waals surface area contributed by atoms with Crippen LogP contribution in [0.15, 0.2) is 90.6 Å². The van der Waals surface area contributed by atoms with Gasteiger partial charge in [0.25, 0.3) is 0 Å². The standard InChI is InChI=1S/C28H30N2O5S/c1-2-15-33-28(32)30-17-20-6-12-23(13-7-20)27-34-24(19-36-26-5-3-4-14-29-26)16-25(35-27)22-10-8-21(18-31)9-11-22/h2-14,24-25,27,31H,1,15-19H2,(H,30,32). The van der Waals surface area contributed by atoms with E-state index in [1.54, 1.807) is 18.0 Å². The van der Waals surface area contributed by atoms with Crippen LogP contribution in [0.2, 0.25) is 0 Å². The third kappa shape index (κ3) is 7.41. The zero-order chi connectivity index (χ0) is 25.2. The molecule has 0 saturated carbocycles. The fraction of sp³-hybridized carbons (Fsp3) is 0.286. The molecule has 2 heterocycles. The Hall–Kier alpha value is -3.17. The Labute approximate surface area is 215 Å². The zero-order valence-electron chi connectivity index (χ0n) is 19.9. The molecule has 3 atom stereocenters. The molecule has 2 N–H and O–H groups in total. The lowest BCUT2D eigenvalue weighted by Crippen LogP contribution is -2.31. The van der Waals surface area contributed by atoms with Gasteiger partial charge in [-0.1, -0.05) is 67.3 Å². The van der Waals surface area contributed by atoms with Gasteiger partial charge in [0.15, 0.2) is 6.29 Å². The zero-order valence-corrected chi connectivity index (χ0v) is 20.7. The maximum absolute atomic E-state index is 11.7. The smallest absolute Gasteiger partial charge is 0.407 e. The molecule has 8 heteroatoms. The summed E-state index contributed by atoms with van der Waals surface area (Å²) in [5.41, 5.74) is 3.75. The maximum atomic E-state index is 11.7. The van der Waals surface area contributed by atoms with Crippen LogP contribution < -0.4 is 5.32 Å². The second-order valence-electron chi connectivity index (χ2n) is 8.31. The van der Waals surface area contributed by atoms with Crippen LogP contribution in [0.25, 0.3) is 0 Å². The minimum atomic E-state index is -0.532. The predicted molar refractivity (Wildman–Crippen MR) is 138 cm³/mol. The highest BCUT2D eigenvalue weighted by Crippen LogP contribution is 2.39. The first-order valence-corrected chi connectivity index (χ1v) is 12.8. The molecule has 1 aliphatic heterocycles. The van der Waals surface area contributed by atoms with Crippen molar-refractivity contribution in [3.05, 3.63) is 108 Å². The fourth-order valence-electron chi connectivity index (χ4n) is 3.79. The Morgan fingerprint density at radius 2 is 1.83 bits per heavy atom. The number of alkyl carbamates (subject to hydrolysis) is 1. The third-order valence-electron chi connectivity index (χ3n) is 5.69. The highest BCUT2D eigenvalue weighted by atomic mass is 32.2. The maximum Gasteiger partial charge on any atom is 0.407 e. The number of hydrogen-bond donors (Lipinski definition) is 2. The molecule has 7 nitrogen and oxygen atoms in total. The highest BCUT2D eigenvalue weighted by molar-refractivity contribution is 7.99. The molecule has 2 aromatic carbocycles. The van der Waals surface area contributed by atoms with E-state index in [0.29, 0.717) is 13.0 Å². The Balaban J connectivity index is 1.44. The van der Waals surface area contributed by atoms with Crippen molar-refractivity contribution in [2.75, 3.05) is 12.4 Å². The first-order chi connectivity index (χ1) is 17.6. The predicted octanol–water partition coefficient (Wildman–Crippen LogP) is 5.32. The minimum Gasteiger partial charge on any atom is -0.445 e. The second kappa shape index (κ2) is 13.2. The van der Waals surface area contributed by atoms with Gasteiger partial charge >= 0.3 is 6.09 Å². The van der Waals surface area contributed by atoms with Gasteiger partial charge < -0.3 is 24.6 Å². The van der Waals surface area contributed by atoms with Gasteiger partial charge in [0, 0.05) is 30.5 Å². The van der Waals surface area contributed by atoms with Gasteiger partial charge in [-0.15, -0.1) is 11.8 Å². The Bertz CT molecular complexity index is 1110. The van der Waals surface area contributed by atoms with E-state index in [9.17, 15) is 9.90 Å². The molecule has 1 amide bonds. The van der Waals surface area contributed by atoms with E-state index in [1.807, 2.05) is 66.7 Å². The molecule has 1 fully saturated rings. The van der Waals surface area contributed by atoms with E-state index in [-0.39, 0.29) is 25.4 Å². The van der Waals surface area contributed by atoms with Crippen LogP contribution in [-0.2, 0) is 27.4 Å². The van der Waals surface area contributed by atoms with Gasteiger partial charge in [0.1, 0.15) is 6.61 Å². The van der Waals surface area contributed by atoms with Crippen molar-refractivity contribution in [3.63, 3.8) is 0 Å². The van der Waals surface area contributed by atoms with E-state index in [4.69, 9.17) is 14.2 Å². The molecule has 188 valence electrons. The summed E-state index contributed by atoms with van der Waals surface area (Å²) >= 11 is 1.66. The van der Waals surface area contributed by atoms with Gasteiger partial charge in [0.2, 0.25) is 0 Å². The molecule has 0 aliphatic carbocycles. The van der Waals surface area contributed by atoms with E-state index >= 15 is 0 Å². The fourth-order valence-corrected chi connectivity index (χ4v) is 4.67. The summed E-state index contributed by atoms with van der Waals surface area (Å²) in [4.78, 5) is 16.1. The first-order valence-electron chi connectivity index (χ1n) is 11.8. The summed E-state index contributed by atoms with van der Waals surface area (Å²) in [7, 11) is 0. The normalized spacial score (nSPS) is 19.4. The van der Waals surface area contributed by atoms with Crippen molar-refractivity contribution in [2.24, 2.45) is 0 Å². The molecule has 0 radical (unpaired) electrons. The van der Waals surface area contributed by atoms with Crippen LogP contribution in [0.3, 0.4) is 0 Å². The van der Waals surface area contributed by atoms with Crippen LogP contribution in [0.1, 0.15) is 41.1 Å². The molecule has 3 unspecified atom stereocenters. The number of rotatable bonds is 10. The van der Waals surface area contributed by atoms with E-state index in [1.165, 1.54) is 6.08 Å². The molecule has 1 aliphatic rings. The summed E-state index contributed by atoms with van der Waals surface area (Å²) in [6.45, 7) is 4.06. The van der Waals surface area contributed by atoms with Crippen molar-refractivity contribution >= 4 is 17.9 Å². The molecule has 0 spiro atoms. The van der Waals surface area contributed by atoms with E-state index in [2.05, 4.69) is 16.9 Å². The number of thioether (sulfide) groups is 1. The number of carbonyl (C=O) groups is 1. The molecule has 1 aromatic heterocycles. The van der Waals surface area contributed by atoms with Gasteiger partial charge in [-0.05, 0) is 28.8 Å². The largest absolute Gasteiger partial charge is 0.445 e. The molecule has 0 bridgehead atoms. The summed E-state index contributed by atoms with van der Waals surface area (Å²) in [6, 6.07) is 21.5. The Morgan fingerprint density at radius 1 is 1.08 bits per heavy atom. The number of ether oxygens (including phenoxy) is 3. The summed E-state index contributed by atoms with van der Waals surface area (Å²) in [5, 5.41) is 13.1. The van der Waals surface area contributed by atoms with Gasteiger partial charge in [-0.25, -0.2) is 9.78 Å². The van der Waals surface area contributed by atoms with Crippen molar-refractivity contribution in [1.82, 2.24) is 10.3 Å². The molecular formula is C28H30N2O5S. The molecule has 36 heavy (non-hydrogen) atoms. The lowest BCUT2D eigenvalue weighted by molar-refractivity contribution is -0.245. The number of aliphatic hydroxyl groups is 1. The number of hydrogen-bond acceptors (Lipinski definition) is 7. The van der Waals surface area contributed by atoms with Crippen LogP contribution in [0.4, 0.5) is 4.79 Å². The monoisotopic (exact) mass is 506 g/mol. The summed E-state index contributed by atoms with van der Waals surface area (Å²) in [6.07, 6.45) is 2.82. The van der Waals surface area contributed by atoms with Crippen LogP contribution in [0, 0.1) is 0 Å². The van der Waals surface area contributed by atoms with Crippen molar-refractivity contribution in [1.29, 1.82) is 0 Å². The number of aliphatic hydroxyl groups excluding tert-OH is 1. The van der Waals surface area contributed by atoms with E-state index in [0.717, 1.165) is 33.0 Å². The average molecular weight is 507 g/mol. The number of carbonyl (C=O) groups excluding carboxylic acids is 1. The Kier molecular flexibility index (Phi) is 9.52. The molecule has 4 rings (SSSR count). The van der Waals surface area contributed by atoms with Crippen LogP contribution in [-0.4, -0.2) is 34.6 Å². The topological polar surface area (TPSA) is 89.9 Å². The number of nitrogens with zero attached hydrogens (tertiary/aromatic N) is 1. The number of amides is 1. The van der Waals surface area contributed by atoms with E-state index < -0.39 is 12.4 Å². The Morgan fingerprint density at radius 3 is 2.53 bits per heavy atom. The first kappa shape index (κ1) is 25.9. The van der Waals surface area contributed by atoms with Gasteiger partial charge in [0.05, 0.1) is 23.8 Å². The quantitative estimate of drug-likeness (QED) is 0.284. The summed E-state index contributed by atoms with van der Waals surface area (Å²) < 4.78 is 17.7. The number of benzene rings is 2. The minimum absolute atomic E-state index is 0.00800. The SMILES string of the molecule is C=CCOC(=O)NCc1ccc(C2OC(CSc3ccccn3)CC(c3ccc(CO)cc3)O2)cc1. The molecule has 3 aromatic rings. The second-order valence-corrected chi connectivity index (χ2v) is 9.35. The average Bonchev–Trinajstić information content (AvgIpc) is 2.94. The third-order valence-corrected chi connectivity index (χ3v) is 6.77. The van der Waals surface area contributed by atoms with Crippen LogP contribution >= 0.6 is 11.8 Å². The van der Waals surface area contributed by atoms with Crippen molar-refractivity contribution < 1.29 is 24.1 Å². The van der Waals surface area contributed by atoms with Gasteiger partial charge in [-0.3, -0.25) is 0 Å². The molecular weight excluding hydrogens is 476 g/mol. The van der Waals surface area contributed by atoms with Gasteiger partial charge in [-0.2, -0.15) is 0 Å². The van der Waals surface area contributed by atoms with Crippen LogP contribution in [0.5, 0.6) is 0 Å². The highest BCUT2D eigenvalue weighted by Gasteiger charge is 2.32. The summed E-state index contributed by atoms with van der Waals surface area (Å²) in [5.74, 6) is 0.747. The number of pyridine rings is 1. The van der Waals surface area contributed by atoms with Crippen molar-refractivity contribution in [2.45, 2.75) is 43.1 Å².